The van der Waals surface area contributed by atoms with Crippen molar-refractivity contribution in [2.45, 2.75) is 19.9 Å². The highest BCUT2D eigenvalue weighted by atomic mass is 32.1. The van der Waals surface area contributed by atoms with Gasteiger partial charge in [-0.3, -0.25) is 14.2 Å². The van der Waals surface area contributed by atoms with Gasteiger partial charge in [-0.1, -0.05) is 47.7 Å². The highest BCUT2D eigenvalue weighted by molar-refractivity contribution is 7.07. The van der Waals surface area contributed by atoms with E-state index in [4.69, 9.17) is 14.2 Å². The van der Waals surface area contributed by atoms with Gasteiger partial charge in [-0.15, -0.1) is 0 Å². The first-order valence-electron chi connectivity index (χ1n) is 10.4. The van der Waals surface area contributed by atoms with Crippen molar-refractivity contribution in [3.05, 3.63) is 90.6 Å². The Hall–Kier alpha value is -3.98. The van der Waals surface area contributed by atoms with Gasteiger partial charge in [-0.05, 0) is 36.3 Å². The van der Waals surface area contributed by atoms with Crippen LogP contribution in [-0.4, -0.2) is 30.7 Å². The third kappa shape index (κ3) is 4.29. The Morgan fingerprint density at radius 2 is 1.82 bits per heavy atom. The number of benzene rings is 2. The number of fused-ring (bicyclic) bond motifs is 1. The molecule has 0 spiro atoms. The summed E-state index contributed by atoms with van der Waals surface area (Å²) in [7, 11) is 2.73. The van der Waals surface area contributed by atoms with Gasteiger partial charge >= 0.3 is 11.9 Å². The summed E-state index contributed by atoms with van der Waals surface area (Å²) in [6.45, 7) is 3.00. The molecule has 34 heavy (non-hydrogen) atoms. The zero-order valence-electron chi connectivity index (χ0n) is 19.0. The van der Waals surface area contributed by atoms with Crippen LogP contribution in [-0.2, 0) is 14.3 Å². The molecule has 0 bridgehead atoms. The Morgan fingerprint density at radius 1 is 1.09 bits per heavy atom. The number of carbonyl (C=O) groups is 2. The average molecular weight is 479 g/mol. The van der Waals surface area contributed by atoms with Gasteiger partial charge in [0.05, 0.1) is 36.1 Å². The first-order valence-corrected chi connectivity index (χ1v) is 11.2. The van der Waals surface area contributed by atoms with Gasteiger partial charge in [0, 0.05) is 6.92 Å². The monoisotopic (exact) mass is 478 g/mol. The smallest absolute Gasteiger partial charge is 0.338 e. The van der Waals surface area contributed by atoms with Crippen LogP contribution in [0.4, 0.5) is 0 Å². The molecule has 1 aliphatic rings. The lowest BCUT2D eigenvalue weighted by Gasteiger charge is -2.25. The molecule has 0 radical (unpaired) electrons. The number of thiazole rings is 1. The zero-order chi connectivity index (χ0) is 24.4. The van der Waals surface area contributed by atoms with E-state index in [2.05, 4.69) is 4.99 Å². The molecule has 0 amide bonds. The molecule has 0 saturated carbocycles. The molecule has 0 saturated heterocycles. The minimum atomic E-state index is -0.804. The van der Waals surface area contributed by atoms with Crippen LogP contribution in [0.2, 0.25) is 0 Å². The van der Waals surface area contributed by atoms with Crippen molar-refractivity contribution in [1.82, 2.24) is 4.57 Å². The molecule has 3 aromatic rings. The van der Waals surface area contributed by atoms with Gasteiger partial charge in [0.25, 0.3) is 5.56 Å². The number of nitrogens with zero attached hydrogens (tertiary/aromatic N) is 2. The summed E-state index contributed by atoms with van der Waals surface area (Å²) in [4.78, 5) is 42.8. The van der Waals surface area contributed by atoms with E-state index >= 15 is 0 Å². The predicted octanol–water partition coefficient (Wildman–Crippen LogP) is 2.34. The average Bonchev–Trinajstić information content (AvgIpc) is 3.12. The third-order valence-corrected chi connectivity index (χ3v) is 6.26. The lowest BCUT2D eigenvalue weighted by atomic mass is 9.95. The van der Waals surface area contributed by atoms with Crippen molar-refractivity contribution in [1.29, 1.82) is 0 Å². The molecular formula is C25H22N2O6S. The lowest BCUT2D eigenvalue weighted by molar-refractivity contribution is -0.136. The molecule has 1 atom stereocenters. The molecule has 2 heterocycles. The van der Waals surface area contributed by atoms with Crippen molar-refractivity contribution in [3.63, 3.8) is 0 Å². The summed E-state index contributed by atoms with van der Waals surface area (Å²) in [6, 6.07) is 13.6. The summed E-state index contributed by atoms with van der Waals surface area (Å²) < 4.78 is 17.6. The Labute approximate surface area is 199 Å². The Bertz CT molecular complexity index is 1480. The predicted molar refractivity (Wildman–Crippen MR) is 127 cm³/mol. The lowest BCUT2D eigenvalue weighted by Crippen LogP contribution is -2.39. The maximum Gasteiger partial charge on any atom is 0.338 e. The second kappa shape index (κ2) is 9.48. The van der Waals surface area contributed by atoms with Crippen molar-refractivity contribution >= 4 is 29.4 Å². The Kier molecular flexibility index (Phi) is 6.47. The number of esters is 2. The fourth-order valence-electron chi connectivity index (χ4n) is 3.80. The highest BCUT2D eigenvalue weighted by Gasteiger charge is 2.33. The minimum absolute atomic E-state index is 0.232. The number of hydrogen-bond acceptors (Lipinski definition) is 8. The highest BCUT2D eigenvalue weighted by Crippen LogP contribution is 2.36. The third-order valence-electron chi connectivity index (χ3n) is 5.28. The molecule has 1 aromatic heterocycles. The molecular weight excluding hydrogens is 456 g/mol. The molecule has 174 valence electrons. The quantitative estimate of drug-likeness (QED) is 0.413. The molecule has 0 N–H and O–H groups in total. The zero-order valence-corrected chi connectivity index (χ0v) is 19.8. The number of rotatable bonds is 5. The molecule has 1 unspecified atom stereocenters. The van der Waals surface area contributed by atoms with E-state index < -0.39 is 18.0 Å². The molecule has 0 fully saturated rings. The Morgan fingerprint density at radius 3 is 2.47 bits per heavy atom. The first kappa shape index (κ1) is 23.2. The van der Waals surface area contributed by atoms with E-state index in [0.717, 1.165) is 5.56 Å². The van der Waals surface area contributed by atoms with Gasteiger partial charge in [0.1, 0.15) is 0 Å². The van der Waals surface area contributed by atoms with Crippen molar-refractivity contribution < 1.29 is 23.8 Å². The number of ether oxygens (including phenoxy) is 3. The fraction of sp³-hybridized carbons (Fsp3) is 0.200. The molecule has 4 rings (SSSR count). The maximum atomic E-state index is 13.5. The summed E-state index contributed by atoms with van der Waals surface area (Å²) in [5, 5.41) is 0. The largest absolute Gasteiger partial charge is 0.493 e. The van der Waals surface area contributed by atoms with Gasteiger partial charge in [-0.25, -0.2) is 9.79 Å². The normalized spacial score (nSPS) is 15.4. The van der Waals surface area contributed by atoms with E-state index in [-0.39, 0.29) is 22.6 Å². The summed E-state index contributed by atoms with van der Waals surface area (Å²) in [5.74, 6) is -0.564. The van der Waals surface area contributed by atoms with Crippen molar-refractivity contribution in [3.8, 4) is 11.5 Å². The Balaban J connectivity index is 1.96. The van der Waals surface area contributed by atoms with E-state index in [9.17, 15) is 14.4 Å². The molecule has 1 aliphatic heterocycles. The molecule has 2 aromatic carbocycles. The van der Waals surface area contributed by atoms with E-state index in [1.54, 1.807) is 31.2 Å². The number of hydrogen-bond donors (Lipinski definition) is 0. The van der Waals surface area contributed by atoms with E-state index in [0.29, 0.717) is 20.6 Å². The second-order valence-electron chi connectivity index (χ2n) is 7.49. The first-order chi connectivity index (χ1) is 16.3. The second-order valence-corrected chi connectivity index (χ2v) is 8.50. The van der Waals surface area contributed by atoms with E-state index in [1.807, 2.05) is 30.3 Å². The van der Waals surface area contributed by atoms with Crippen LogP contribution < -0.4 is 24.4 Å². The van der Waals surface area contributed by atoms with Crippen LogP contribution in [0.5, 0.6) is 11.5 Å². The van der Waals surface area contributed by atoms with Crippen LogP contribution >= 0.6 is 11.3 Å². The van der Waals surface area contributed by atoms with Gasteiger partial charge in [0.2, 0.25) is 0 Å². The number of carbonyl (C=O) groups excluding carboxylic acids is 2. The summed E-state index contributed by atoms with van der Waals surface area (Å²) in [5.41, 5.74) is 1.86. The van der Waals surface area contributed by atoms with Gasteiger partial charge in [0.15, 0.2) is 16.3 Å². The van der Waals surface area contributed by atoms with Crippen LogP contribution in [0.25, 0.3) is 6.08 Å². The van der Waals surface area contributed by atoms with Gasteiger partial charge < -0.3 is 14.2 Å². The maximum absolute atomic E-state index is 13.5. The topological polar surface area (TPSA) is 96.2 Å². The van der Waals surface area contributed by atoms with Crippen LogP contribution in [0.3, 0.4) is 0 Å². The standard InChI is InChI=1S/C25H22N2O6S/c1-14-21(24(30)32-4)22(17-10-11-18(33-15(2)28)19(13-17)31-3)27-23(29)20(34-25(27)26-14)12-16-8-6-5-7-9-16/h5-13,22H,1-4H3. The number of aromatic nitrogens is 1. The van der Waals surface area contributed by atoms with E-state index in [1.165, 1.54) is 37.0 Å². The summed E-state index contributed by atoms with van der Waals surface area (Å²) >= 11 is 1.24. The van der Waals surface area contributed by atoms with Crippen molar-refractivity contribution in [2.75, 3.05) is 14.2 Å². The summed E-state index contributed by atoms with van der Waals surface area (Å²) in [6.07, 6.45) is 1.79. The van der Waals surface area contributed by atoms with Crippen LogP contribution in [0.1, 0.15) is 31.0 Å². The van der Waals surface area contributed by atoms with Crippen molar-refractivity contribution in [2.24, 2.45) is 4.99 Å². The van der Waals surface area contributed by atoms with Gasteiger partial charge in [-0.2, -0.15) is 0 Å². The molecule has 8 nitrogen and oxygen atoms in total. The minimum Gasteiger partial charge on any atom is -0.493 e. The fourth-order valence-corrected chi connectivity index (χ4v) is 4.85. The van der Waals surface area contributed by atoms with Crippen LogP contribution in [0, 0.1) is 0 Å². The molecule has 9 heteroatoms. The van der Waals surface area contributed by atoms with Crippen LogP contribution in [0.15, 0.2) is 69.6 Å². The number of methoxy groups -OCH3 is 2. The SMILES string of the molecule is COC(=O)C1=C(C)N=c2sc(=Cc3ccccc3)c(=O)n2C1c1ccc(OC(C)=O)c(OC)c1. The molecule has 0 aliphatic carbocycles. The number of allylic oxidation sites excluding steroid dienone is 1.